The molecule has 0 amide bonds. The van der Waals surface area contributed by atoms with Gasteiger partial charge in [0.1, 0.15) is 0 Å². The molecule has 0 aliphatic carbocycles. The number of thioether (sulfide) groups is 1. The lowest BCUT2D eigenvalue weighted by Gasteiger charge is -1.95. The fourth-order valence-corrected chi connectivity index (χ4v) is 2.02. The molecule has 0 saturated carbocycles. The van der Waals surface area contributed by atoms with E-state index in [9.17, 15) is 0 Å². The number of hydrogen-bond donors (Lipinski definition) is 0. The van der Waals surface area contributed by atoms with Crippen molar-refractivity contribution in [2.75, 3.05) is 11.6 Å². The number of aromatic nitrogens is 2. The van der Waals surface area contributed by atoms with Gasteiger partial charge in [-0.25, -0.2) is 0 Å². The smallest absolute Gasteiger partial charge is 0.0723 e. The van der Waals surface area contributed by atoms with Gasteiger partial charge in [0.25, 0.3) is 0 Å². The first-order valence-corrected chi connectivity index (χ1v) is 5.64. The van der Waals surface area contributed by atoms with E-state index in [1.54, 1.807) is 0 Å². The van der Waals surface area contributed by atoms with Gasteiger partial charge in [-0.1, -0.05) is 0 Å². The fourth-order valence-electron chi connectivity index (χ4n) is 0.874. The summed E-state index contributed by atoms with van der Waals surface area (Å²) in [6, 6.07) is 2.05. The molecule has 1 rings (SSSR count). The Balaban J connectivity index is 2.15. The summed E-state index contributed by atoms with van der Waals surface area (Å²) < 4.78 is 1.83. The Morgan fingerprint density at radius 3 is 3.08 bits per heavy atom. The molecular weight excluding hydrogens is 192 g/mol. The highest BCUT2D eigenvalue weighted by atomic mass is 35.5. The quantitative estimate of drug-likeness (QED) is 0.541. The second kappa shape index (κ2) is 5.49. The first-order valence-electron chi connectivity index (χ1n) is 3.95. The van der Waals surface area contributed by atoms with E-state index >= 15 is 0 Å². The number of hydrogen-bond acceptors (Lipinski definition) is 2. The molecule has 0 fully saturated rings. The van der Waals surface area contributed by atoms with Gasteiger partial charge in [-0.3, -0.25) is 4.68 Å². The van der Waals surface area contributed by atoms with Gasteiger partial charge in [-0.15, -0.1) is 11.6 Å². The van der Waals surface area contributed by atoms with Crippen molar-refractivity contribution in [3.63, 3.8) is 0 Å². The van der Waals surface area contributed by atoms with Crippen molar-refractivity contribution in [2.24, 2.45) is 7.05 Å². The molecule has 1 aromatic heterocycles. The number of halogens is 1. The molecule has 0 radical (unpaired) electrons. The maximum absolute atomic E-state index is 5.55. The van der Waals surface area contributed by atoms with E-state index in [0.29, 0.717) is 0 Å². The number of rotatable bonds is 5. The zero-order valence-electron chi connectivity index (χ0n) is 7.16. The van der Waals surface area contributed by atoms with Gasteiger partial charge in [0.05, 0.1) is 5.69 Å². The molecule has 0 saturated heterocycles. The van der Waals surface area contributed by atoms with Crippen LogP contribution >= 0.6 is 23.4 Å². The summed E-state index contributed by atoms with van der Waals surface area (Å²) in [5.41, 5.74) is 1.15. The van der Waals surface area contributed by atoms with E-state index in [0.717, 1.165) is 29.5 Å². The van der Waals surface area contributed by atoms with Crippen LogP contribution in [-0.4, -0.2) is 21.4 Å². The summed E-state index contributed by atoms with van der Waals surface area (Å²) in [6.07, 6.45) is 3.05. The van der Waals surface area contributed by atoms with E-state index in [1.165, 1.54) is 0 Å². The zero-order chi connectivity index (χ0) is 8.81. The van der Waals surface area contributed by atoms with E-state index in [2.05, 4.69) is 5.10 Å². The molecule has 2 nitrogen and oxygen atoms in total. The predicted octanol–water partition coefficient (Wildman–Crippen LogP) is 2.28. The third kappa shape index (κ3) is 3.50. The van der Waals surface area contributed by atoms with Crippen LogP contribution in [0, 0.1) is 0 Å². The van der Waals surface area contributed by atoms with Crippen LogP contribution in [-0.2, 0) is 12.8 Å². The average Bonchev–Trinajstić information content (AvgIpc) is 2.45. The Hall–Kier alpha value is -0.150. The van der Waals surface area contributed by atoms with Crippen LogP contribution in [0.1, 0.15) is 12.1 Å². The third-order valence-corrected chi connectivity index (χ3v) is 2.79. The predicted molar refractivity (Wildman–Crippen MR) is 54.7 cm³/mol. The highest BCUT2D eigenvalue weighted by Gasteiger charge is 1.95. The Labute approximate surface area is 82.3 Å². The minimum atomic E-state index is 0.759. The second-order valence-electron chi connectivity index (χ2n) is 2.58. The average molecular weight is 205 g/mol. The maximum Gasteiger partial charge on any atom is 0.0723 e. The van der Waals surface area contributed by atoms with Crippen molar-refractivity contribution in [3.8, 4) is 0 Å². The molecule has 4 heteroatoms. The summed E-state index contributed by atoms with van der Waals surface area (Å²) in [6.45, 7) is 0. The summed E-state index contributed by atoms with van der Waals surface area (Å²) in [7, 11) is 1.94. The normalized spacial score (nSPS) is 10.5. The van der Waals surface area contributed by atoms with Crippen LogP contribution in [0.2, 0.25) is 0 Å². The molecule has 68 valence electrons. The molecule has 0 aromatic carbocycles. The van der Waals surface area contributed by atoms with Crippen molar-refractivity contribution in [3.05, 3.63) is 18.0 Å². The van der Waals surface area contributed by atoms with Crippen LogP contribution in [0.5, 0.6) is 0 Å². The van der Waals surface area contributed by atoms with Crippen molar-refractivity contribution in [1.82, 2.24) is 9.78 Å². The fraction of sp³-hybridized carbons (Fsp3) is 0.625. The van der Waals surface area contributed by atoms with Crippen LogP contribution in [0.25, 0.3) is 0 Å². The maximum atomic E-state index is 5.55. The Morgan fingerprint density at radius 2 is 2.50 bits per heavy atom. The van der Waals surface area contributed by atoms with Crippen molar-refractivity contribution >= 4 is 23.4 Å². The monoisotopic (exact) mass is 204 g/mol. The van der Waals surface area contributed by atoms with E-state index < -0.39 is 0 Å². The number of alkyl halides is 1. The molecule has 0 unspecified atom stereocenters. The summed E-state index contributed by atoms with van der Waals surface area (Å²) >= 11 is 7.44. The van der Waals surface area contributed by atoms with Crippen molar-refractivity contribution in [1.29, 1.82) is 0 Å². The topological polar surface area (TPSA) is 17.8 Å². The van der Waals surface area contributed by atoms with Crippen LogP contribution < -0.4 is 0 Å². The number of nitrogens with zero attached hydrogens (tertiary/aromatic N) is 2. The first-order chi connectivity index (χ1) is 5.83. The first kappa shape index (κ1) is 9.93. The molecule has 0 bridgehead atoms. The molecule has 1 heterocycles. The van der Waals surface area contributed by atoms with Gasteiger partial charge in [-0.05, 0) is 18.2 Å². The van der Waals surface area contributed by atoms with Gasteiger partial charge >= 0.3 is 0 Å². The molecule has 0 N–H and O–H groups in total. The summed E-state index contributed by atoms with van der Waals surface area (Å²) in [5.74, 6) is 2.88. The minimum Gasteiger partial charge on any atom is -0.276 e. The van der Waals surface area contributed by atoms with Gasteiger partial charge in [-0.2, -0.15) is 16.9 Å². The van der Waals surface area contributed by atoms with Crippen LogP contribution in [0.15, 0.2) is 12.3 Å². The lowest BCUT2D eigenvalue weighted by Crippen LogP contribution is -1.90. The molecule has 1 aromatic rings. The van der Waals surface area contributed by atoms with Crippen LogP contribution in [0.3, 0.4) is 0 Å². The van der Waals surface area contributed by atoms with Gasteiger partial charge in [0.15, 0.2) is 0 Å². The van der Waals surface area contributed by atoms with E-state index in [1.807, 2.05) is 35.8 Å². The summed E-state index contributed by atoms with van der Waals surface area (Å²) in [5, 5.41) is 4.27. The Bertz CT molecular complexity index is 225. The molecule has 12 heavy (non-hydrogen) atoms. The van der Waals surface area contributed by atoms with E-state index in [-0.39, 0.29) is 0 Å². The summed E-state index contributed by atoms with van der Waals surface area (Å²) in [4.78, 5) is 0. The molecule has 0 atom stereocenters. The van der Waals surface area contributed by atoms with Gasteiger partial charge < -0.3 is 0 Å². The Kier molecular flexibility index (Phi) is 4.54. The molecular formula is C8H13ClN2S. The molecule has 0 aliphatic rings. The lowest BCUT2D eigenvalue weighted by atomic mass is 10.5. The second-order valence-corrected chi connectivity index (χ2v) is 4.06. The zero-order valence-corrected chi connectivity index (χ0v) is 8.74. The third-order valence-electron chi connectivity index (χ3n) is 1.44. The minimum absolute atomic E-state index is 0.759. The van der Waals surface area contributed by atoms with Crippen LogP contribution in [0.4, 0.5) is 0 Å². The Morgan fingerprint density at radius 1 is 1.67 bits per heavy atom. The highest BCUT2D eigenvalue weighted by molar-refractivity contribution is 7.98. The molecule has 0 spiro atoms. The standard InChI is InChI=1S/C8H13ClN2S/c1-11-5-3-8(10-11)7-12-6-2-4-9/h3,5H,2,4,6-7H2,1H3. The van der Waals surface area contributed by atoms with Crippen molar-refractivity contribution in [2.45, 2.75) is 12.2 Å². The van der Waals surface area contributed by atoms with Crippen molar-refractivity contribution < 1.29 is 0 Å². The molecule has 0 aliphatic heterocycles. The number of aryl methyl sites for hydroxylation is 1. The SMILES string of the molecule is Cn1ccc(CSCCCCl)n1. The van der Waals surface area contributed by atoms with Gasteiger partial charge in [0.2, 0.25) is 0 Å². The van der Waals surface area contributed by atoms with Gasteiger partial charge in [0, 0.05) is 24.9 Å². The lowest BCUT2D eigenvalue weighted by molar-refractivity contribution is 0.755. The highest BCUT2D eigenvalue weighted by Crippen LogP contribution is 2.10. The largest absolute Gasteiger partial charge is 0.276 e. The van der Waals surface area contributed by atoms with E-state index in [4.69, 9.17) is 11.6 Å².